The van der Waals surface area contributed by atoms with Crippen molar-refractivity contribution in [3.05, 3.63) is 35.4 Å². The van der Waals surface area contributed by atoms with Gasteiger partial charge < -0.3 is 10.9 Å². The zero-order chi connectivity index (χ0) is 10.7. The Balaban J connectivity index is 2.08. The molecule has 0 spiro atoms. The van der Waals surface area contributed by atoms with Gasteiger partial charge in [0.1, 0.15) is 0 Å². The molecule has 1 aromatic rings. The number of nitrogens with two attached hydrogens (primary N) is 1. The normalized spacial score (nSPS) is 19.3. The Hall–Kier alpha value is -0.900. The van der Waals surface area contributed by atoms with Crippen LogP contribution >= 0.6 is 0 Å². The van der Waals surface area contributed by atoms with E-state index >= 15 is 0 Å². The maximum absolute atomic E-state index is 9.29. The van der Waals surface area contributed by atoms with Crippen LogP contribution in [0.15, 0.2) is 24.3 Å². The molecule has 1 aliphatic heterocycles. The molecule has 0 saturated carbocycles. The highest BCUT2D eigenvalue weighted by atomic mass is 16.5. The topological polar surface area (TPSA) is 49.5 Å². The quantitative estimate of drug-likeness (QED) is 0.774. The van der Waals surface area contributed by atoms with Crippen LogP contribution in [0.4, 0.5) is 0 Å². The summed E-state index contributed by atoms with van der Waals surface area (Å²) in [5.74, 6) is 0.583. The number of hydroxylamine groups is 2. The molecule has 3 heteroatoms. The number of hydrogen-bond acceptors (Lipinski definition) is 3. The van der Waals surface area contributed by atoms with E-state index in [0.717, 1.165) is 25.9 Å². The molecule has 1 aromatic carbocycles. The van der Waals surface area contributed by atoms with Crippen LogP contribution in [-0.2, 0) is 6.54 Å². The first kappa shape index (κ1) is 10.6. The number of piperidine rings is 1. The molecule has 0 bridgehead atoms. The fourth-order valence-corrected chi connectivity index (χ4v) is 2.17. The van der Waals surface area contributed by atoms with Crippen LogP contribution in [-0.4, -0.2) is 23.4 Å². The Bertz CT molecular complexity index is 319. The molecule has 0 atom stereocenters. The highest BCUT2D eigenvalue weighted by Crippen LogP contribution is 2.27. The zero-order valence-electron chi connectivity index (χ0n) is 8.89. The SMILES string of the molecule is NCc1cccc(C2CCN(O)CC2)c1. The highest BCUT2D eigenvalue weighted by Gasteiger charge is 2.19. The minimum atomic E-state index is 0.583. The minimum Gasteiger partial charge on any atom is -0.326 e. The minimum absolute atomic E-state index is 0.583. The van der Waals surface area contributed by atoms with Gasteiger partial charge in [-0.25, -0.2) is 0 Å². The second kappa shape index (κ2) is 4.75. The standard InChI is InChI=1S/C12H18N2O/c13-9-10-2-1-3-12(8-10)11-4-6-14(15)7-5-11/h1-3,8,11,15H,4-7,9,13H2. The summed E-state index contributed by atoms with van der Waals surface area (Å²) in [5, 5.41) is 10.7. The summed E-state index contributed by atoms with van der Waals surface area (Å²) in [5.41, 5.74) is 8.18. The van der Waals surface area contributed by atoms with E-state index in [0.29, 0.717) is 12.5 Å². The van der Waals surface area contributed by atoms with Crippen LogP contribution in [0.1, 0.15) is 29.9 Å². The van der Waals surface area contributed by atoms with Crippen molar-refractivity contribution < 1.29 is 5.21 Å². The van der Waals surface area contributed by atoms with E-state index in [2.05, 4.69) is 24.3 Å². The van der Waals surface area contributed by atoms with Crippen molar-refractivity contribution in [2.45, 2.75) is 25.3 Å². The van der Waals surface area contributed by atoms with E-state index in [-0.39, 0.29) is 0 Å². The smallest absolute Gasteiger partial charge is 0.0244 e. The summed E-state index contributed by atoms with van der Waals surface area (Å²) in [6.07, 6.45) is 2.06. The first-order valence-corrected chi connectivity index (χ1v) is 5.52. The largest absolute Gasteiger partial charge is 0.326 e. The van der Waals surface area contributed by atoms with Crippen molar-refractivity contribution in [2.24, 2.45) is 5.73 Å². The number of rotatable bonds is 2. The molecule has 82 valence electrons. The average molecular weight is 206 g/mol. The highest BCUT2D eigenvalue weighted by molar-refractivity contribution is 5.26. The third kappa shape index (κ3) is 2.56. The lowest BCUT2D eigenvalue weighted by molar-refractivity contribution is -0.106. The maximum atomic E-state index is 9.29. The zero-order valence-corrected chi connectivity index (χ0v) is 8.89. The lowest BCUT2D eigenvalue weighted by Gasteiger charge is -2.27. The Labute approximate surface area is 90.5 Å². The fraction of sp³-hybridized carbons (Fsp3) is 0.500. The van der Waals surface area contributed by atoms with Gasteiger partial charge in [0.2, 0.25) is 0 Å². The second-order valence-electron chi connectivity index (χ2n) is 4.18. The monoisotopic (exact) mass is 206 g/mol. The van der Waals surface area contributed by atoms with Gasteiger partial charge in [-0.05, 0) is 29.9 Å². The van der Waals surface area contributed by atoms with Crippen LogP contribution < -0.4 is 5.73 Å². The lowest BCUT2D eigenvalue weighted by Crippen LogP contribution is -2.29. The molecule has 3 nitrogen and oxygen atoms in total. The molecule has 1 aliphatic rings. The summed E-state index contributed by atoms with van der Waals surface area (Å²) in [6.45, 7) is 2.15. The Morgan fingerprint density at radius 1 is 1.33 bits per heavy atom. The Morgan fingerprint density at radius 2 is 2.07 bits per heavy atom. The number of benzene rings is 1. The Morgan fingerprint density at radius 3 is 2.73 bits per heavy atom. The van der Waals surface area contributed by atoms with E-state index in [1.165, 1.54) is 16.2 Å². The predicted molar refractivity (Wildman–Crippen MR) is 59.7 cm³/mol. The van der Waals surface area contributed by atoms with Crippen LogP contribution in [0.3, 0.4) is 0 Å². The third-order valence-corrected chi connectivity index (χ3v) is 3.13. The summed E-state index contributed by atoms with van der Waals surface area (Å²) in [4.78, 5) is 0. The molecular weight excluding hydrogens is 188 g/mol. The van der Waals surface area contributed by atoms with Crippen LogP contribution in [0.2, 0.25) is 0 Å². The van der Waals surface area contributed by atoms with E-state index in [1.807, 2.05) is 0 Å². The fourth-order valence-electron chi connectivity index (χ4n) is 2.17. The molecule has 1 saturated heterocycles. The molecule has 0 amide bonds. The van der Waals surface area contributed by atoms with Gasteiger partial charge in [-0.2, -0.15) is 5.06 Å². The Kier molecular flexibility index (Phi) is 3.36. The van der Waals surface area contributed by atoms with Gasteiger partial charge >= 0.3 is 0 Å². The van der Waals surface area contributed by atoms with Gasteiger partial charge in [-0.15, -0.1) is 0 Å². The third-order valence-electron chi connectivity index (χ3n) is 3.13. The molecule has 1 fully saturated rings. The van der Waals surface area contributed by atoms with Crippen molar-refractivity contribution in [2.75, 3.05) is 13.1 Å². The maximum Gasteiger partial charge on any atom is 0.0244 e. The molecule has 15 heavy (non-hydrogen) atoms. The van der Waals surface area contributed by atoms with E-state index in [9.17, 15) is 5.21 Å². The van der Waals surface area contributed by atoms with Gasteiger partial charge in [-0.3, -0.25) is 0 Å². The van der Waals surface area contributed by atoms with Crippen LogP contribution in [0, 0.1) is 0 Å². The number of hydrogen-bond donors (Lipinski definition) is 2. The predicted octanol–water partition coefficient (Wildman–Crippen LogP) is 1.71. The van der Waals surface area contributed by atoms with Crippen molar-refractivity contribution >= 4 is 0 Å². The van der Waals surface area contributed by atoms with Crippen molar-refractivity contribution in [3.8, 4) is 0 Å². The molecule has 0 aliphatic carbocycles. The van der Waals surface area contributed by atoms with Gasteiger partial charge in [0.05, 0.1) is 0 Å². The van der Waals surface area contributed by atoms with Crippen molar-refractivity contribution in [1.82, 2.24) is 5.06 Å². The van der Waals surface area contributed by atoms with Gasteiger partial charge in [-0.1, -0.05) is 24.3 Å². The summed E-state index contributed by atoms with van der Waals surface area (Å²) < 4.78 is 0. The summed E-state index contributed by atoms with van der Waals surface area (Å²) >= 11 is 0. The second-order valence-corrected chi connectivity index (χ2v) is 4.18. The van der Waals surface area contributed by atoms with E-state index in [4.69, 9.17) is 5.73 Å². The molecule has 2 rings (SSSR count). The van der Waals surface area contributed by atoms with E-state index in [1.54, 1.807) is 0 Å². The van der Waals surface area contributed by atoms with Crippen LogP contribution in [0.25, 0.3) is 0 Å². The first-order valence-electron chi connectivity index (χ1n) is 5.52. The molecule has 0 unspecified atom stereocenters. The first-order chi connectivity index (χ1) is 7.29. The molecule has 1 heterocycles. The molecule has 3 N–H and O–H groups in total. The van der Waals surface area contributed by atoms with Crippen molar-refractivity contribution in [1.29, 1.82) is 0 Å². The van der Waals surface area contributed by atoms with Gasteiger partial charge in [0.15, 0.2) is 0 Å². The summed E-state index contributed by atoms with van der Waals surface area (Å²) in [7, 11) is 0. The lowest BCUT2D eigenvalue weighted by atomic mass is 9.89. The summed E-state index contributed by atoms with van der Waals surface area (Å²) in [6, 6.07) is 8.49. The average Bonchev–Trinajstić information content (AvgIpc) is 2.30. The van der Waals surface area contributed by atoms with Crippen LogP contribution in [0.5, 0.6) is 0 Å². The molecule has 0 radical (unpaired) electrons. The molecular formula is C12H18N2O. The number of nitrogens with zero attached hydrogens (tertiary/aromatic N) is 1. The van der Waals surface area contributed by atoms with E-state index < -0.39 is 0 Å². The molecule has 0 aromatic heterocycles. The van der Waals surface area contributed by atoms with Crippen molar-refractivity contribution in [3.63, 3.8) is 0 Å². The van der Waals surface area contributed by atoms with Gasteiger partial charge in [0.25, 0.3) is 0 Å². The van der Waals surface area contributed by atoms with Gasteiger partial charge in [0, 0.05) is 19.6 Å².